The van der Waals surface area contributed by atoms with Crippen LogP contribution in [0.15, 0.2) is 30.7 Å². The Morgan fingerprint density at radius 3 is 2.90 bits per heavy atom. The van der Waals surface area contributed by atoms with E-state index in [1.165, 1.54) is 12.1 Å². The fourth-order valence-electron chi connectivity index (χ4n) is 2.81. The lowest BCUT2D eigenvalue weighted by Crippen LogP contribution is -2.35. The van der Waals surface area contributed by atoms with E-state index < -0.39 is 11.6 Å². The molecule has 0 radical (unpaired) electrons. The van der Waals surface area contributed by atoms with Crippen molar-refractivity contribution in [3.63, 3.8) is 0 Å². The molecule has 2 heterocycles. The second kappa shape index (κ2) is 5.32. The number of nitrogens with zero attached hydrogens (tertiary/aromatic N) is 2. The topological polar surface area (TPSA) is 29.9 Å². The normalized spacial score (nSPS) is 22.9. The summed E-state index contributed by atoms with van der Waals surface area (Å²) in [5.74, 6) is -1.15. The third-order valence-corrected chi connectivity index (χ3v) is 3.81. The molecule has 2 atom stereocenters. The Kier molecular flexibility index (Phi) is 3.53. The average Bonchev–Trinajstić information content (AvgIpc) is 2.87. The first-order valence-electron chi connectivity index (χ1n) is 6.89. The van der Waals surface area contributed by atoms with Gasteiger partial charge in [0, 0.05) is 18.2 Å². The number of piperidine rings is 1. The van der Waals surface area contributed by atoms with Gasteiger partial charge in [-0.1, -0.05) is 0 Å². The Bertz CT molecular complexity index is 609. The molecule has 1 aliphatic heterocycles. The minimum atomic E-state index is -0.576. The Hall–Kier alpha value is -1.75. The van der Waals surface area contributed by atoms with E-state index in [0.29, 0.717) is 11.7 Å². The average molecular weight is 277 g/mol. The van der Waals surface area contributed by atoms with E-state index in [0.717, 1.165) is 31.0 Å². The molecule has 1 aliphatic rings. The van der Waals surface area contributed by atoms with Crippen molar-refractivity contribution in [1.82, 2.24) is 14.9 Å². The van der Waals surface area contributed by atoms with Gasteiger partial charge in [-0.3, -0.25) is 4.57 Å². The molecule has 20 heavy (non-hydrogen) atoms. The lowest BCUT2D eigenvalue weighted by Gasteiger charge is -2.29. The molecule has 2 unspecified atom stereocenters. The van der Waals surface area contributed by atoms with E-state index in [4.69, 9.17) is 0 Å². The van der Waals surface area contributed by atoms with Crippen molar-refractivity contribution in [1.29, 1.82) is 0 Å². The predicted octanol–water partition coefficient (Wildman–Crippen LogP) is 3.35. The summed E-state index contributed by atoms with van der Waals surface area (Å²) in [5.41, 5.74) is 1.25. The molecular weight excluding hydrogens is 260 g/mol. The van der Waals surface area contributed by atoms with E-state index in [-0.39, 0.29) is 6.04 Å². The molecule has 3 nitrogen and oxygen atoms in total. The molecule has 3 rings (SSSR count). The molecule has 1 aromatic heterocycles. The smallest absolute Gasteiger partial charge is 0.150 e. The summed E-state index contributed by atoms with van der Waals surface area (Å²) in [6.07, 6.45) is 6.61. The van der Waals surface area contributed by atoms with Gasteiger partial charge >= 0.3 is 0 Å². The zero-order valence-corrected chi connectivity index (χ0v) is 11.3. The molecule has 0 bridgehead atoms. The van der Waals surface area contributed by atoms with E-state index in [2.05, 4.69) is 17.2 Å². The van der Waals surface area contributed by atoms with Crippen LogP contribution >= 0.6 is 0 Å². The standard InChI is InChI=1S/C15H17F2N3/c1-10-3-2-4-13(19-10)15-8-18-9-20(15)14-6-5-11(16)7-12(14)17/h5-10,13,19H,2-4H2,1H3. The second-order valence-electron chi connectivity index (χ2n) is 5.34. The zero-order valence-electron chi connectivity index (χ0n) is 11.3. The molecule has 0 saturated carbocycles. The summed E-state index contributed by atoms with van der Waals surface area (Å²) in [5, 5.41) is 3.50. The molecule has 5 heteroatoms. The summed E-state index contributed by atoms with van der Waals surface area (Å²) in [7, 11) is 0. The second-order valence-corrected chi connectivity index (χ2v) is 5.34. The van der Waals surface area contributed by atoms with Crippen LogP contribution in [0.5, 0.6) is 0 Å². The quantitative estimate of drug-likeness (QED) is 0.912. The van der Waals surface area contributed by atoms with Crippen molar-refractivity contribution >= 4 is 0 Å². The minimum Gasteiger partial charge on any atom is -0.306 e. The van der Waals surface area contributed by atoms with Gasteiger partial charge in [-0.05, 0) is 38.3 Å². The van der Waals surface area contributed by atoms with Crippen molar-refractivity contribution < 1.29 is 8.78 Å². The summed E-state index contributed by atoms with van der Waals surface area (Å²) < 4.78 is 28.6. The molecule has 2 aromatic rings. The van der Waals surface area contributed by atoms with Crippen LogP contribution in [0.25, 0.3) is 5.69 Å². The minimum absolute atomic E-state index is 0.158. The number of halogens is 2. The fourth-order valence-corrected chi connectivity index (χ4v) is 2.81. The molecular formula is C15H17F2N3. The Labute approximate surface area is 116 Å². The van der Waals surface area contributed by atoms with Gasteiger partial charge in [0.1, 0.15) is 11.6 Å². The summed E-state index contributed by atoms with van der Waals surface area (Å²) >= 11 is 0. The first-order valence-corrected chi connectivity index (χ1v) is 6.89. The van der Waals surface area contributed by atoms with Crippen molar-refractivity contribution in [3.05, 3.63) is 48.1 Å². The van der Waals surface area contributed by atoms with Gasteiger partial charge in [-0.25, -0.2) is 13.8 Å². The SMILES string of the molecule is CC1CCCC(c2cncn2-c2ccc(F)cc2F)N1. The molecule has 1 N–H and O–H groups in total. The number of hydrogen-bond acceptors (Lipinski definition) is 2. The van der Waals surface area contributed by atoms with Crippen LogP contribution < -0.4 is 5.32 Å². The van der Waals surface area contributed by atoms with E-state index in [9.17, 15) is 8.78 Å². The Balaban J connectivity index is 1.97. The lowest BCUT2D eigenvalue weighted by molar-refractivity contribution is 0.334. The van der Waals surface area contributed by atoms with Crippen LogP contribution in [0.1, 0.15) is 37.9 Å². The maximum absolute atomic E-state index is 13.9. The van der Waals surface area contributed by atoms with Crippen molar-refractivity contribution in [2.24, 2.45) is 0 Å². The van der Waals surface area contributed by atoms with E-state index >= 15 is 0 Å². The molecule has 1 fully saturated rings. The van der Waals surface area contributed by atoms with Crippen LogP contribution in [0.3, 0.4) is 0 Å². The van der Waals surface area contributed by atoms with Crippen LogP contribution in [-0.4, -0.2) is 15.6 Å². The van der Waals surface area contributed by atoms with Crippen molar-refractivity contribution in [2.75, 3.05) is 0 Å². The monoisotopic (exact) mass is 277 g/mol. The van der Waals surface area contributed by atoms with Crippen molar-refractivity contribution in [3.8, 4) is 5.69 Å². The Morgan fingerprint density at radius 1 is 1.30 bits per heavy atom. The van der Waals surface area contributed by atoms with E-state index in [1.54, 1.807) is 17.1 Å². The maximum atomic E-state index is 13.9. The highest BCUT2D eigenvalue weighted by atomic mass is 19.1. The van der Waals surface area contributed by atoms with Crippen LogP contribution in [0.4, 0.5) is 8.78 Å². The van der Waals surface area contributed by atoms with Crippen LogP contribution in [-0.2, 0) is 0 Å². The number of hydrogen-bond donors (Lipinski definition) is 1. The Morgan fingerprint density at radius 2 is 2.15 bits per heavy atom. The highest BCUT2D eigenvalue weighted by Crippen LogP contribution is 2.27. The maximum Gasteiger partial charge on any atom is 0.150 e. The first-order chi connectivity index (χ1) is 9.65. The third kappa shape index (κ3) is 2.45. The largest absolute Gasteiger partial charge is 0.306 e. The summed E-state index contributed by atoms with van der Waals surface area (Å²) in [4.78, 5) is 4.12. The first kappa shape index (κ1) is 13.2. The number of aromatic nitrogens is 2. The zero-order chi connectivity index (χ0) is 14.1. The molecule has 0 aliphatic carbocycles. The van der Waals surface area contributed by atoms with Gasteiger partial charge in [0.25, 0.3) is 0 Å². The van der Waals surface area contributed by atoms with Gasteiger partial charge in [0.05, 0.1) is 23.9 Å². The predicted molar refractivity (Wildman–Crippen MR) is 72.7 cm³/mol. The number of imidazole rings is 1. The van der Waals surface area contributed by atoms with E-state index in [1.807, 2.05) is 0 Å². The molecule has 1 saturated heterocycles. The number of nitrogens with one attached hydrogen (secondary N) is 1. The van der Waals surface area contributed by atoms with Gasteiger partial charge in [-0.2, -0.15) is 0 Å². The number of rotatable bonds is 2. The lowest BCUT2D eigenvalue weighted by atomic mass is 9.97. The fraction of sp³-hybridized carbons (Fsp3) is 0.400. The third-order valence-electron chi connectivity index (χ3n) is 3.81. The highest BCUT2D eigenvalue weighted by Gasteiger charge is 2.23. The van der Waals surface area contributed by atoms with Crippen molar-refractivity contribution in [2.45, 2.75) is 38.3 Å². The molecule has 0 amide bonds. The summed E-state index contributed by atoms with van der Waals surface area (Å²) in [6, 6.07) is 4.21. The van der Waals surface area contributed by atoms with Gasteiger partial charge in [0.15, 0.2) is 0 Å². The van der Waals surface area contributed by atoms with Crippen LogP contribution in [0, 0.1) is 11.6 Å². The van der Waals surface area contributed by atoms with Gasteiger partial charge in [-0.15, -0.1) is 0 Å². The molecule has 1 aromatic carbocycles. The molecule has 106 valence electrons. The van der Waals surface area contributed by atoms with Crippen LogP contribution in [0.2, 0.25) is 0 Å². The highest BCUT2D eigenvalue weighted by molar-refractivity contribution is 5.36. The number of benzene rings is 1. The van der Waals surface area contributed by atoms with Gasteiger partial charge < -0.3 is 5.32 Å². The molecule has 0 spiro atoms. The summed E-state index contributed by atoms with van der Waals surface area (Å²) in [6.45, 7) is 2.14. The van der Waals surface area contributed by atoms with Gasteiger partial charge in [0.2, 0.25) is 0 Å².